The standard InChI is InChI=1S/C14H18O4/c1-14(2,3)18-7-6-16-10-4-5-11-12(15)9-17-13(11)8-10/h4-5,8H,6-7,9H2,1-3H3. The molecule has 0 saturated carbocycles. The number of fused-ring (bicyclic) bond motifs is 1. The average Bonchev–Trinajstić information content (AvgIpc) is 2.65. The molecule has 0 saturated heterocycles. The van der Waals surface area contributed by atoms with Gasteiger partial charge in [0, 0.05) is 6.07 Å². The molecule has 1 aliphatic heterocycles. The molecule has 0 aliphatic carbocycles. The van der Waals surface area contributed by atoms with E-state index >= 15 is 0 Å². The van der Waals surface area contributed by atoms with Crippen molar-refractivity contribution in [1.29, 1.82) is 0 Å². The number of hydrogen-bond acceptors (Lipinski definition) is 4. The zero-order chi connectivity index (χ0) is 13.2. The van der Waals surface area contributed by atoms with Crippen LogP contribution in [0.15, 0.2) is 18.2 Å². The lowest BCUT2D eigenvalue weighted by Gasteiger charge is -2.19. The molecule has 1 aliphatic rings. The Balaban J connectivity index is 1.86. The number of ketones is 1. The van der Waals surface area contributed by atoms with E-state index in [1.165, 1.54) is 0 Å². The highest BCUT2D eigenvalue weighted by Crippen LogP contribution is 2.29. The molecule has 1 heterocycles. The van der Waals surface area contributed by atoms with E-state index < -0.39 is 0 Å². The Kier molecular flexibility index (Phi) is 3.57. The molecule has 0 bridgehead atoms. The largest absolute Gasteiger partial charge is 0.491 e. The summed E-state index contributed by atoms with van der Waals surface area (Å²) in [6.45, 7) is 7.14. The molecule has 2 rings (SSSR count). The molecule has 18 heavy (non-hydrogen) atoms. The van der Waals surface area contributed by atoms with Crippen LogP contribution in [-0.2, 0) is 4.74 Å². The van der Waals surface area contributed by atoms with Crippen LogP contribution in [0.1, 0.15) is 31.1 Å². The van der Waals surface area contributed by atoms with Gasteiger partial charge in [0.15, 0.2) is 6.61 Å². The van der Waals surface area contributed by atoms with E-state index in [9.17, 15) is 4.79 Å². The van der Waals surface area contributed by atoms with E-state index in [-0.39, 0.29) is 18.0 Å². The van der Waals surface area contributed by atoms with Gasteiger partial charge < -0.3 is 14.2 Å². The lowest BCUT2D eigenvalue weighted by atomic mass is 10.1. The number of rotatable bonds is 4. The maximum Gasteiger partial charge on any atom is 0.203 e. The van der Waals surface area contributed by atoms with Gasteiger partial charge in [0.25, 0.3) is 0 Å². The van der Waals surface area contributed by atoms with Crippen LogP contribution in [0.5, 0.6) is 11.5 Å². The van der Waals surface area contributed by atoms with E-state index in [1.54, 1.807) is 18.2 Å². The first-order valence-electron chi connectivity index (χ1n) is 6.02. The first-order chi connectivity index (χ1) is 8.46. The van der Waals surface area contributed by atoms with Crippen LogP contribution in [0.3, 0.4) is 0 Å². The van der Waals surface area contributed by atoms with Crippen LogP contribution in [-0.4, -0.2) is 31.2 Å². The van der Waals surface area contributed by atoms with Crippen LogP contribution in [0.25, 0.3) is 0 Å². The van der Waals surface area contributed by atoms with E-state index in [0.29, 0.717) is 30.3 Å². The Morgan fingerprint density at radius 1 is 1.28 bits per heavy atom. The zero-order valence-electron chi connectivity index (χ0n) is 11.0. The summed E-state index contributed by atoms with van der Waals surface area (Å²) in [5.41, 5.74) is 0.477. The maximum atomic E-state index is 11.4. The number of carbonyl (C=O) groups excluding carboxylic acids is 1. The number of ether oxygens (including phenoxy) is 3. The molecule has 1 aromatic carbocycles. The van der Waals surface area contributed by atoms with Crippen molar-refractivity contribution >= 4 is 5.78 Å². The van der Waals surface area contributed by atoms with Crippen LogP contribution in [0.2, 0.25) is 0 Å². The van der Waals surface area contributed by atoms with E-state index in [2.05, 4.69) is 0 Å². The third-order valence-electron chi connectivity index (χ3n) is 2.50. The molecule has 0 amide bonds. The summed E-state index contributed by atoms with van der Waals surface area (Å²) < 4.78 is 16.3. The van der Waals surface area contributed by atoms with Gasteiger partial charge in [0.05, 0.1) is 17.8 Å². The molecule has 4 nitrogen and oxygen atoms in total. The molecular weight excluding hydrogens is 232 g/mol. The van der Waals surface area contributed by atoms with Gasteiger partial charge in [-0.15, -0.1) is 0 Å². The highest BCUT2D eigenvalue weighted by atomic mass is 16.5. The van der Waals surface area contributed by atoms with Gasteiger partial charge in [-0.2, -0.15) is 0 Å². The molecule has 0 spiro atoms. The monoisotopic (exact) mass is 250 g/mol. The molecule has 0 unspecified atom stereocenters. The fourth-order valence-electron chi connectivity index (χ4n) is 1.67. The maximum absolute atomic E-state index is 11.4. The first-order valence-corrected chi connectivity index (χ1v) is 6.02. The normalized spacial score (nSPS) is 14.3. The first kappa shape index (κ1) is 12.9. The predicted molar refractivity (Wildman–Crippen MR) is 67.5 cm³/mol. The van der Waals surface area contributed by atoms with Crippen molar-refractivity contribution in [2.75, 3.05) is 19.8 Å². The molecular formula is C14H18O4. The summed E-state index contributed by atoms with van der Waals surface area (Å²) in [7, 11) is 0. The molecule has 4 heteroatoms. The summed E-state index contributed by atoms with van der Waals surface area (Å²) in [5, 5.41) is 0. The number of benzene rings is 1. The van der Waals surface area contributed by atoms with Crippen molar-refractivity contribution in [2.45, 2.75) is 26.4 Å². The second-order valence-electron chi connectivity index (χ2n) is 5.18. The van der Waals surface area contributed by atoms with E-state index in [0.717, 1.165) is 0 Å². The van der Waals surface area contributed by atoms with Crippen molar-refractivity contribution in [3.63, 3.8) is 0 Å². The van der Waals surface area contributed by atoms with Crippen molar-refractivity contribution in [3.8, 4) is 11.5 Å². The third kappa shape index (κ3) is 3.23. The summed E-state index contributed by atoms with van der Waals surface area (Å²) in [5.74, 6) is 1.32. The third-order valence-corrected chi connectivity index (χ3v) is 2.50. The fourth-order valence-corrected chi connectivity index (χ4v) is 1.67. The fraction of sp³-hybridized carbons (Fsp3) is 0.500. The molecule has 0 atom stereocenters. The lowest BCUT2D eigenvalue weighted by molar-refractivity contribution is -0.0163. The topological polar surface area (TPSA) is 44.8 Å². The second kappa shape index (κ2) is 4.98. The summed E-state index contributed by atoms with van der Waals surface area (Å²) in [4.78, 5) is 11.4. The Bertz CT molecular complexity index is 446. The van der Waals surface area contributed by atoms with Gasteiger partial charge in [0.2, 0.25) is 5.78 Å². The highest BCUT2D eigenvalue weighted by molar-refractivity contribution is 6.02. The molecule has 0 aromatic heterocycles. The van der Waals surface area contributed by atoms with Gasteiger partial charge in [-0.25, -0.2) is 0 Å². The van der Waals surface area contributed by atoms with Gasteiger partial charge in [0.1, 0.15) is 18.1 Å². The summed E-state index contributed by atoms with van der Waals surface area (Å²) in [6, 6.07) is 5.27. The molecule has 1 aromatic rings. The van der Waals surface area contributed by atoms with E-state index in [1.807, 2.05) is 20.8 Å². The molecule has 98 valence electrons. The van der Waals surface area contributed by atoms with Crippen LogP contribution in [0, 0.1) is 0 Å². The zero-order valence-corrected chi connectivity index (χ0v) is 11.0. The van der Waals surface area contributed by atoms with Crippen LogP contribution >= 0.6 is 0 Å². The Hall–Kier alpha value is -1.55. The number of carbonyl (C=O) groups is 1. The van der Waals surface area contributed by atoms with Gasteiger partial charge in [-0.1, -0.05) is 0 Å². The Morgan fingerprint density at radius 2 is 2.06 bits per heavy atom. The van der Waals surface area contributed by atoms with Crippen LogP contribution in [0.4, 0.5) is 0 Å². The Morgan fingerprint density at radius 3 is 2.78 bits per heavy atom. The Labute approximate surface area is 107 Å². The van der Waals surface area contributed by atoms with Crippen molar-refractivity contribution in [1.82, 2.24) is 0 Å². The molecule has 0 radical (unpaired) electrons. The average molecular weight is 250 g/mol. The quantitative estimate of drug-likeness (QED) is 0.770. The molecule has 0 N–H and O–H groups in total. The minimum Gasteiger partial charge on any atom is -0.491 e. The summed E-state index contributed by atoms with van der Waals surface area (Å²) in [6.07, 6.45) is 0. The van der Waals surface area contributed by atoms with Gasteiger partial charge >= 0.3 is 0 Å². The second-order valence-corrected chi connectivity index (χ2v) is 5.18. The lowest BCUT2D eigenvalue weighted by Crippen LogP contribution is -2.22. The smallest absolute Gasteiger partial charge is 0.203 e. The minimum absolute atomic E-state index is 0.0209. The number of hydrogen-bond donors (Lipinski definition) is 0. The predicted octanol–water partition coefficient (Wildman–Crippen LogP) is 2.46. The van der Waals surface area contributed by atoms with Crippen molar-refractivity contribution < 1.29 is 19.0 Å². The van der Waals surface area contributed by atoms with Crippen molar-refractivity contribution in [2.24, 2.45) is 0 Å². The number of Topliss-reactive ketones (excluding diaryl/α,β-unsaturated/α-hetero) is 1. The minimum atomic E-state index is -0.156. The van der Waals surface area contributed by atoms with Crippen molar-refractivity contribution in [3.05, 3.63) is 23.8 Å². The molecule has 0 fully saturated rings. The summed E-state index contributed by atoms with van der Waals surface area (Å²) >= 11 is 0. The SMILES string of the molecule is CC(C)(C)OCCOc1ccc2c(c1)OCC2=O. The van der Waals surface area contributed by atoms with Gasteiger partial charge in [-0.3, -0.25) is 4.79 Å². The van der Waals surface area contributed by atoms with E-state index in [4.69, 9.17) is 14.2 Å². The highest BCUT2D eigenvalue weighted by Gasteiger charge is 2.21. The van der Waals surface area contributed by atoms with Crippen LogP contribution < -0.4 is 9.47 Å². The van der Waals surface area contributed by atoms with Gasteiger partial charge in [-0.05, 0) is 32.9 Å².